The first-order valence-corrected chi connectivity index (χ1v) is 20.4. The summed E-state index contributed by atoms with van der Waals surface area (Å²) in [7, 11) is -4.19. The number of hydrogen-bond acceptors (Lipinski definition) is 4. The van der Waals surface area contributed by atoms with Crippen LogP contribution in [0.15, 0.2) is 85.0 Å². The number of benzene rings is 2. The van der Waals surface area contributed by atoms with E-state index in [1.54, 1.807) is 0 Å². The van der Waals surface area contributed by atoms with Gasteiger partial charge in [0, 0.05) is 0 Å². The summed E-state index contributed by atoms with van der Waals surface area (Å²) in [5.41, 5.74) is 2.34. The minimum absolute atomic E-state index is 0.0763. The lowest BCUT2D eigenvalue weighted by Gasteiger charge is -2.43. The predicted octanol–water partition coefficient (Wildman–Crippen LogP) is 9.31. The van der Waals surface area contributed by atoms with Crippen molar-refractivity contribution in [2.24, 2.45) is 0 Å². The highest BCUT2D eigenvalue weighted by Crippen LogP contribution is 2.40. The van der Waals surface area contributed by atoms with E-state index in [4.69, 9.17) is 18.3 Å². The SMILES string of the molecule is CC(C)(C)[Si](C)(C)O[C@@H](/C=C\COCc1ccccc1)[C@H](/C=C\COCc1ccccc1)O[Si](C)(C)C(C)(C)C. The molecule has 0 unspecified atom stereocenters. The molecule has 0 aliphatic rings. The van der Waals surface area contributed by atoms with Crippen LogP contribution in [0, 0.1) is 0 Å². The maximum absolute atomic E-state index is 7.02. The second-order valence-electron chi connectivity index (χ2n) is 13.5. The van der Waals surface area contributed by atoms with Gasteiger partial charge < -0.3 is 18.3 Å². The van der Waals surface area contributed by atoms with Crippen molar-refractivity contribution >= 4 is 16.6 Å². The first-order valence-electron chi connectivity index (χ1n) is 14.5. The van der Waals surface area contributed by atoms with Crippen molar-refractivity contribution in [2.45, 2.75) is 103 Å². The van der Waals surface area contributed by atoms with Gasteiger partial charge in [-0.1, -0.05) is 127 Å². The molecule has 2 aromatic carbocycles. The van der Waals surface area contributed by atoms with E-state index in [9.17, 15) is 0 Å². The standard InChI is InChI=1S/C34H54O4Si2/c1-33(2,3)39(7,8)37-31(23-17-25-35-27-29-19-13-11-14-20-29)32(38-40(9,10)34(4,5)6)24-18-26-36-28-30-21-15-12-16-22-30/h11-24,31-32H,25-28H2,1-10H3/b23-17-,24-18-/t31-,32-/m0/s1. The molecule has 2 atom stereocenters. The fourth-order valence-corrected chi connectivity index (χ4v) is 5.98. The van der Waals surface area contributed by atoms with Crippen LogP contribution in [0.4, 0.5) is 0 Å². The monoisotopic (exact) mass is 582 g/mol. The molecule has 0 saturated carbocycles. The third kappa shape index (κ3) is 11.6. The fraction of sp³-hybridized carbons (Fsp3) is 0.529. The third-order valence-electron chi connectivity index (χ3n) is 8.10. The highest BCUT2D eigenvalue weighted by molar-refractivity contribution is 6.74. The van der Waals surface area contributed by atoms with Crippen molar-refractivity contribution in [1.82, 2.24) is 0 Å². The van der Waals surface area contributed by atoms with Gasteiger partial charge in [0.2, 0.25) is 0 Å². The third-order valence-corrected chi connectivity index (χ3v) is 17.0. The zero-order valence-electron chi connectivity index (χ0n) is 26.7. The Hall–Kier alpha value is -1.81. The van der Waals surface area contributed by atoms with Crippen LogP contribution < -0.4 is 0 Å². The summed E-state index contributed by atoms with van der Waals surface area (Å²) in [6, 6.07) is 20.5. The zero-order chi connectivity index (χ0) is 29.9. The smallest absolute Gasteiger partial charge is 0.193 e. The molecule has 0 heterocycles. The topological polar surface area (TPSA) is 36.9 Å². The highest BCUT2D eigenvalue weighted by Gasteiger charge is 2.43. The molecule has 2 rings (SSSR count). The van der Waals surface area contributed by atoms with E-state index in [1.165, 1.54) is 11.1 Å². The Balaban J connectivity index is 2.24. The van der Waals surface area contributed by atoms with Crippen LogP contribution in [0.25, 0.3) is 0 Å². The number of hydrogen-bond donors (Lipinski definition) is 0. The van der Waals surface area contributed by atoms with Crippen LogP contribution in [0.3, 0.4) is 0 Å². The Morgan fingerprint density at radius 3 is 1.20 bits per heavy atom. The molecule has 0 amide bonds. The van der Waals surface area contributed by atoms with Gasteiger partial charge in [-0.2, -0.15) is 0 Å². The lowest BCUT2D eigenvalue weighted by Crippen LogP contribution is -2.51. The summed E-state index contributed by atoms with van der Waals surface area (Å²) in [5.74, 6) is 0. The minimum atomic E-state index is -2.09. The van der Waals surface area contributed by atoms with Gasteiger partial charge in [0.15, 0.2) is 16.6 Å². The van der Waals surface area contributed by atoms with Gasteiger partial charge in [-0.25, -0.2) is 0 Å². The van der Waals surface area contributed by atoms with Gasteiger partial charge in [-0.05, 0) is 47.4 Å². The van der Waals surface area contributed by atoms with E-state index >= 15 is 0 Å². The summed E-state index contributed by atoms with van der Waals surface area (Å²) in [5, 5.41) is 0.153. The van der Waals surface area contributed by atoms with Crippen molar-refractivity contribution in [1.29, 1.82) is 0 Å². The minimum Gasteiger partial charge on any atom is -0.408 e. The van der Waals surface area contributed by atoms with Gasteiger partial charge in [0.1, 0.15) is 0 Å². The van der Waals surface area contributed by atoms with E-state index in [2.05, 4.69) is 116 Å². The molecular formula is C34H54O4Si2. The van der Waals surface area contributed by atoms with Gasteiger partial charge in [0.05, 0.1) is 38.6 Å². The molecule has 0 aliphatic heterocycles. The highest BCUT2D eigenvalue weighted by atomic mass is 28.4. The average molecular weight is 583 g/mol. The van der Waals surface area contributed by atoms with Gasteiger partial charge in [-0.15, -0.1) is 0 Å². The molecule has 0 aliphatic carbocycles. The Morgan fingerprint density at radius 2 is 0.900 bits per heavy atom. The summed E-state index contributed by atoms with van der Waals surface area (Å²) < 4.78 is 25.9. The van der Waals surface area contributed by atoms with E-state index in [-0.39, 0.29) is 22.3 Å². The summed E-state index contributed by atoms with van der Waals surface area (Å²) in [6.07, 6.45) is 8.03. The van der Waals surface area contributed by atoms with E-state index in [1.807, 2.05) is 36.4 Å². The first kappa shape index (κ1) is 34.4. The summed E-state index contributed by atoms with van der Waals surface area (Å²) in [4.78, 5) is 0. The molecule has 40 heavy (non-hydrogen) atoms. The quantitative estimate of drug-likeness (QED) is 0.119. The molecular weight excluding hydrogens is 529 g/mol. The Labute approximate surface area is 247 Å². The van der Waals surface area contributed by atoms with Crippen molar-refractivity contribution in [3.63, 3.8) is 0 Å². The molecule has 0 bridgehead atoms. The molecule has 0 saturated heterocycles. The van der Waals surface area contributed by atoms with Crippen molar-refractivity contribution in [3.8, 4) is 0 Å². The molecule has 2 aromatic rings. The van der Waals surface area contributed by atoms with Crippen LogP contribution in [0.1, 0.15) is 52.7 Å². The van der Waals surface area contributed by atoms with Crippen LogP contribution in [-0.4, -0.2) is 42.1 Å². The first-order chi connectivity index (χ1) is 18.6. The van der Waals surface area contributed by atoms with Crippen LogP contribution in [0.2, 0.25) is 36.3 Å². The van der Waals surface area contributed by atoms with Crippen LogP contribution in [-0.2, 0) is 31.5 Å². The molecule has 222 valence electrons. The number of ether oxygens (including phenoxy) is 2. The molecule has 0 fully saturated rings. The average Bonchev–Trinajstić information content (AvgIpc) is 2.86. The van der Waals surface area contributed by atoms with E-state index < -0.39 is 16.6 Å². The maximum atomic E-state index is 7.02. The normalized spacial score (nSPS) is 15.2. The predicted molar refractivity (Wildman–Crippen MR) is 175 cm³/mol. The molecule has 0 spiro atoms. The summed E-state index contributed by atoms with van der Waals surface area (Å²) >= 11 is 0. The zero-order valence-corrected chi connectivity index (χ0v) is 28.7. The molecule has 0 aromatic heterocycles. The van der Waals surface area contributed by atoms with Gasteiger partial charge in [-0.3, -0.25) is 0 Å². The van der Waals surface area contributed by atoms with E-state index in [0.29, 0.717) is 26.4 Å². The van der Waals surface area contributed by atoms with Crippen molar-refractivity contribution in [3.05, 3.63) is 96.1 Å². The van der Waals surface area contributed by atoms with E-state index in [0.717, 1.165) is 0 Å². The van der Waals surface area contributed by atoms with Crippen molar-refractivity contribution in [2.75, 3.05) is 13.2 Å². The largest absolute Gasteiger partial charge is 0.408 e. The second kappa shape index (κ2) is 15.4. The lowest BCUT2D eigenvalue weighted by atomic mass is 10.2. The van der Waals surface area contributed by atoms with Gasteiger partial charge >= 0.3 is 0 Å². The van der Waals surface area contributed by atoms with Crippen molar-refractivity contribution < 1.29 is 18.3 Å². The Morgan fingerprint density at radius 1 is 0.575 bits per heavy atom. The lowest BCUT2D eigenvalue weighted by molar-refractivity contribution is 0.0910. The van der Waals surface area contributed by atoms with Crippen LogP contribution >= 0.6 is 0 Å². The summed E-state index contributed by atoms with van der Waals surface area (Å²) in [6.45, 7) is 25.1. The molecule has 6 heteroatoms. The fourth-order valence-electron chi connectivity index (χ4n) is 3.48. The Kier molecular flexibility index (Phi) is 13.3. The maximum Gasteiger partial charge on any atom is 0.193 e. The second-order valence-corrected chi connectivity index (χ2v) is 23.1. The molecule has 0 radical (unpaired) electrons. The molecule has 0 N–H and O–H groups in total. The number of rotatable bonds is 15. The Bertz CT molecular complexity index is 950. The van der Waals surface area contributed by atoms with Gasteiger partial charge in [0.25, 0.3) is 0 Å². The van der Waals surface area contributed by atoms with Crippen LogP contribution in [0.5, 0.6) is 0 Å². The molecule has 4 nitrogen and oxygen atoms in total.